The van der Waals surface area contributed by atoms with Crippen LogP contribution in [0.4, 0.5) is 5.69 Å². The molecule has 0 spiro atoms. The fourth-order valence-electron chi connectivity index (χ4n) is 2.40. The van der Waals surface area contributed by atoms with Gasteiger partial charge < -0.3 is 10.6 Å². The van der Waals surface area contributed by atoms with E-state index in [-0.39, 0.29) is 5.91 Å². The van der Waals surface area contributed by atoms with Crippen molar-refractivity contribution in [3.8, 4) is 0 Å². The van der Waals surface area contributed by atoms with Crippen molar-refractivity contribution >= 4 is 39.1 Å². The van der Waals surface area contributed by atoms with Crippen LogP contribution < -0.4 is 10.6 Å². The Kier molecular flexibility index (Phi) is 3.54. The molecule has 2 N–H and O–H groups in total. The molecule has 1 aliphatic heterocycles. The highest BCUT2D eigenvalue weighted by Crippen LogP contribution is 2.37. The standard InChI is InChI=1S/C15H12BrClN2O/c16-10-5-6-13-11(7-10)14(18)15(20)19(13)8-9-3-1-2-4-12(9)17/h1-7,14H,8,18H2/t14-/m0/s1. The van der Waals surface area contributed by atoms with Crippen LogP contribution in [0.15, 0.2) is 46.9 Å². The van der Waals surface area contributed by atoms with Gasteiger partial charge in [0.05, 0.1) is 6.54 Å². The molecule has 0 bridgehead atoms. The second kappa shape index (κ2) is 5.20. The molecule has 3 nitrogen and oxygen atoms in total. The van der Waals surface area contributed by atoms with Crippen LogP contribution in [0.3, 0.4) is 0 Å². The highest BCUT2D eigenvalue weighted by Gasteiger charge is 2.34. The number of anilines is 1. The van der Waals surface area contributed by atoms with E-state index in [0.717, 1.165) is 21.3 Å². The summed E-state index contributed by atoms with van der Waals surface area (Å²) in [7, 11) is 0. The molecule has 20 heavy (non-hydrogen) atoms. The van der Waals surface area contributed by atoms with Crippen molar-refractivity contribution < 1.29 is 4.79 Å². The van der Waals surface area contributed by atoms with Crippen molar-refractivity contribution in [1.29, 1.82) is 0 Å². The molecule has 3 rings (SSSR count). The lowest BCUT2D eigenvalue weighted by Crippen LogP contribution is -2.31. The molecule has 0 radical (unpaired) electrons. The van der Waals surface area contributed by atoms with Crippen molar-refractivity contribution in [2.75, 3.05) is 4.90 Å². The Morgan fingerprint density at radius 2 is 2.00 bits per heavy atom. The van der Waals surface area contributed by atoms with E-state index in [1.165, 1.54) is 0 Å². The Hall–Kier alpha value is -1.36. The minimum Gasteiger partial charge on any atom is -0.316 e. The summed E-state index contributed by atoms with van der Waals surface area (Å²) in [5.74, 6) is -0.0991. The third-order valence-corrected chi connectivity index (χ3v) is 4.30. The normalized spacial score (nSPS) is 17.4. The van der Waals surface area contributed by atoms with Gasteiger partial charge in [0.25, 0.3) is 0 Å². The van der Waals surface area contributed by atoms with E-state index in [9.17, 15) is 4.79 Å². The van der Waals surface area contributed by atoms with Crippen LogP contribution in [0.25, 0.3) is 0 Å². The van der Waals surface area contributed by atoms with Crippen LogP contribution in [-0.4, -0.2) is 5.91 Å². The van der Waals surface area contributed by atoms with Gasteiger partial charge in [-0.3, -0.25) is 4.79 Å². The molecule has 5 heteroatoms. The lowest BCUT2D eigenvalue weighted by molar-refractivity contribution is -0.119. The highest BCUT2D eigenvalue weighted by atomic mass is 79.9. The zero-order chi connectivity index (χ0) is 14.3. The first-order chi connectivity index (χ1) is 9.58. The fraction of sp³-hybridized carbons (Fsp3) is 0.133. The molecule has 0 aromatic heterocycles. The van der Waals surface area contributed by atoms with Gasteiger partial charge in [-0.15, -0.1) is 0 Å². The summed E-state index contributed by atoms with van der Waals surface area (Å²) in [4.78, 5) is 14.0. The quantitative estimate of drug-likeness (QED) is 0.897. The number of carbonyl (C=O) groups is 1. The van der Waals surface area contributed by atoms with E-state index >= 15 is 0 Å². The topological polar surface area (TPSA) is 46.3 Å². The molecule has 1 amide bonds. The largest absolute Gasteiger partial charge is 0.316 e. The van der Waals surface area contributed by atoms with Crippen molar-refractivity contribution in [2.45, 2.75) is 12.6 Å². The van der Waals surface area contributed by atoms with Gasteiger partial charge >= 0.3 is 0 Å². The summed E-state index contributed by atoms with van der Waals surface area (Å²) in [6.07, 6.45) is 0. The van der Waals surface area contributed by atoms with Crippen LogP contribution in [0, 0.1) is 0 Å². The van der Waals surface area contributed by atoms with E-state index in [1.807, 2.05) is 42.5 Å². The second-order valence-electron chi connectivity index (χ2n) is 4.70. The number of hydrogen-bond donors (Lipinski definition) is 1. The van der Waals surface area contributed by atoms with Gasteiger partial charge in [0.1, 0.15) is 6.04 Å². The van der Waals surface area contributed by atoms with E-state index in [0.29, 0.717) is 11.6 Å². The number of nitrogens with zero attached hydrogens (tertiary/aromatic N) is 1. The lowest BCUT2D eigenvalue weighted by atomic mass is 10.1. The maximum atomic E-state index is 12.3. The minimum absolute atomic E-state index is 0.0991. The summed E-state index contributed by atoms with van der Waals surface area (Å²) in [6, 6.07) is 12.6. The summed E-state index contributed by atoms with van der Waals surface area (Å²) < 4.78 is 0.916. The Bertz CT molecular complexity index is 689. The minimum atomic E-state index is -0.606. The van der Waals surface area contributed by atoms with Crippen molar-refractivity contribution in [2.24, 2.45) is 5.73 Å². The number of fused-ring (bicyclic) bond motifs is 1. The van der Waals surface area contributed by atoms with Gasteiger partial charge in [0, 0.05) is 20.7 Å². The molecule has 1 heterocycles. The molecule has 0 aliphatic carbocycles. The summed E-state index contributed by atoms with van der Waals surface area (Å²) in [5, 5.41) is 0.652. The average Bonchev–Trinajstić information content (AvgIpc) is 2.66. The Balaban J connectivity index is 2.00. The molecule has 1 atom stereocenters. The number of halogens is 2. The van der Waals surface area contributed by atoms with Crippen LogP contribution in [0.2, 0.25) is 5.02 Å². The maximum absolute atomic E-state index is 12.3. The van der Waals surface area contributed by atoms with Gasteiger partial charge in [-0.05, 0) is 29.8 Å². The number of benzene rings is 2. The molecule has 2 aromatic carbocycles. The van der Waals surface area contributed by atoms with E-state index in [1.54, 1.807) is 4.90 Å². The number of carbonyl (C=O) groups excluding carboxylic acids is 1. The van der Waals surface area contributed by atoms with Gasteiger partial charge in [0.2, 0.25) is 5.91 Å². The summed E-state index contributed by atoms with van der Waals surface area (Å²) in [5.41, 5.74) is 8.60. The van der Waals surface area contributed by atoms with E-state index in [2.05, 4.69) is 15.9 Å². The van der Waals surface area contributed by atoms with Crippen LogP contribution in [0.5, 0.6) is 0 Å². The zero-order valence-corrected chi connectivity index (χ0v) is 12.9. The molecule has 2 aromatic rings. The number of amides is 1. The van der Waals surface area contributed by atoms with E-state index < -0.39 is 6.04 Å². The first kappa shape index (κ1) is 13.6. The van der Waals surface area contributed by atoms with Crippen molar-refractivity contribution in [3.63, 3.8) is 0 Å². The molecule has 0 saturated heterocycles. The molecule has 0 fully saturated rings. The third-order valence-electron chi connectivity index (χ3n) is 3.43. The maximum Gasteiger partial charge on any atom is 0.248 e. The SMILES string of the molecule is N[C@@H]1C(=O)N(Cc2ccccc2Cl)c2ccc(Br)cc21. The van der Waals surface area contributed by atoms with Gasteiger partial charge in [-0.25, -0.2) is 0 Å². The summed E-state index contributed by atoms with van der Waals surface area (Å²) in [6.45, 7) is 0.431. The van der Waals surface area contributed by atoms with Gasteiger partial charge in [0.15, 0.2) is 0 Å². The monoisotopic (exact) mass is 350 g/mol. The van der Waals surface area contributed by atoms with Crippen molar-refractivity contribution in [3.05, 3.63) is 63.1 Å². The highest BCUT2D eigenvalue weighted by molar-refractivity contribution is 9.10. The number of rotatable bonds is 2. The number of hydrogen-bond acceptors (Lipinski definition) is 2. The predicted molar refractivity (Wildman–Crippen MR) is 83.7 cm³/mol. The fourth-order valence-corrected chi connectivity index (χ4v) is 2.97. The molecule has 1 aliphatic rings. The molecule has 0 saturated carbocycles. The van der Waals surface area contributed by atoms with Gasteiger partial charge in [-0.1, -0.05) is 45.7 Å². The second-order valence-corrected chi connectivity index (χ2v) is 6.02. The third kappa shape index (κ3) is 2.24. The Morgan fingerprint density at radius 1 is 1.25 bits per heavy atom. The van der Waals surface area contributed by atoms with Crippen molar-refractivity contribution in [1.82, 2.24) is 0 Å². The lowest BCUT2D eigenvalue weighted by Gasteiger charge is -2.18. The van der Waals surface area contributed by atoms with Crippen LogP contribution in [-0.2, 0) is 11.3 Å². The van der Waals surface area contributed by atoms with Gasteiger partial charge in [-0.2, -0.15) is 0 Å². The number of nitrogens with two attached hydrogens (primary N) is 1. The first-order valence-corrected chi connectivity index (χ1v) is 7.35. The summed E-state index contributed by atoms with van der Waals surface area (Å²) >= 11 is 9.57. The molecule has 0 unspecified atom stereocenters. The smallest absolute Gasteiger partial charge is 0.248 e. The first-order valence-electron chi connectivity index (χ1n) is 6.18. The Labute approximate surface area is 130 Å². The van der Waals surface area contributed by atoms with Crippen LogP contribution >= 0.6 is 27.5 Å². The van der Waals surface area contributed by atoms with E-state index in [4.69, 9.17) is 17.3 Å². The molecule has 102 valence electrons. The average molecular weight is 352 g/mol. The Morgan fingerprint density at radius 3 is 2.75 bits per heavy atom. The zero-order valence-electron chi connectivity index (χ0n) is 10.5. The molecular weight excluding hydrogens is 340 g/mol. The van der Waals surface area contributed by atoms with Crippen LogP contribution in [0.1, 0.15) is 17.2 Å². The predicted octanol–water partition coefficient (Wildman–Crippen LogP) is 3.65. The molecular formula is C15H12BrClN2O.